The quantitative estimate of drug-likeness (QED) is 0.648. The number of pyridine rings is 1. The first-order valence-electron chi connectivity index (χ1n) is 6.00. The van der Waals surface area contributed by atoms with Crippen LogP contribution in [0.3, 0.4) is 0 Å². The maximum atomic E-state index is 12.1. The molecule has 3 N–H and O–H groups in total. The third kappa shape index (κ3) is 4.21. The predicted octanol–water partition coefficient (Wildman–Crippen LogP) is 3.53. The van der Waals surface area contributed by atoms with Gasteiger partial charge in [-0.1, -0.05) is 30.4 Å². The van der Waals surface area contributed by atoms with Crippen molar-refractivity contribution in [1.29, 1.82) is 0 Å². The highest BCUT2D eigenvalue weighted by Gasteiger charge is 2.27. The molecule has 21 heavy (non-hydrogen) atoms. The van der Waals surface area contributed by atoms with Crippen molar-refractivity contribution in [2.45, 2.75) is 5.51 Å². The van der Waals surface area contributed by atoms with E-state index in [9.17, 15) is 13.2 Å². The SMILES string of the molecule is NC(=S)c1cnc2ccccc2c1NCCSC(F)(F)F. The van der Waals surface area contributed by atoms with Crippen molar-refractivity contribution in [3.05, 3.63) is 36.0 Å². The minimum absolute atomic E-state index is 0.0698. The molecule has 2 aromatic rings. The van der Waals surface area contributed by atoms with Crippen LogP contribution in [-0.4, -0.2) is 27.8 Å². The number of nitrogens with one attached hydrogen (secondary N) is 1. The second-order valence-electron chi connectivity index (χ2n) is 4.15. The number of fused-ring (bicyclic) bond motifs is 1. The molecular formula is C13H12F3N3S2. The van der Waals surface area contributed by atoms with Gasteiger partial charge in [0.05, 0.1) is 16.8 Å². The Bertz CT molecular complexity index is 659. The van der Waals surface area contributed by atoms with Crippen LogP contribution in [-0.2, 0) is 0 Å². The van der Waals surface area contributed by atoms with Crippen LogP contribution in [0.5, 0.6) is 0 Å². The maximum absolute atomic E-state index is 12.1. The van der Waals surface area contributed by atoms with Gasteiger partial charge in [-0.2, -0.15) is 13.2 Å². The minimum atomic E-state index is -4.23. The largest absolute Gasteiger partial charge is 0.441 e. The Hall–Kier alpha value is -1.54. The van der Waals surface area contributed by atoms with Gasteiger partial charge in [-0.25, -0.2) is 0 Å². The maximum Gasteiger partial charge on any atom is 0.441 e. The van der Waals surface area contributed by atoms with Crippen molar-refractivity contribution in [2.75, 3.05) is 17.6 Å². The lowest BCUT2D eigenvalue weighted by Gasteiger charge is -2.14. The Morgan fingerprint density at radius 2 is 2.05 bits per heavy atom. The average Bonchev–Trinajstić information content (AvgIpc) is 2.42. The Kier molecular flexibility index (Phi) is 4.89. The fourth-order valence-electron chi connectivity index (χ4n) is 1.86. The molecule has 0 atom stereocenters. The fourth-order valence-corrected chi connectivity index (χ4v) is 2.45. The molecule has 0 bridgehead atoms. The molecule has 0 aliphatic rings. The van der Waals surface area contributed by atoms with Gasteiger partial charge in [-0.15, -0.1) is 0 Å². The van der Waals surface area contributed by atoms with E-state index in [1.165, 1.54) is 6.20 Å². The van der Waals surface area contributed by atoms with Gasteiger partial charge in [0, 0.05) is 23.9 Å². The van der Waals surface area contributed by atoms with Gasteiger partial charge in [-0.3, -0.25) is 4.98 Å². The van der Waals surface area contributed by atoms with E-state index in [4.69, 9.17) is 18.0 Å². The standard InChI is InChI=1S/C13H12F3N3S2/c14-13(15,16)21-6-5-18-11-8-3-1-2-4-10(8)19-7-9(11)12(17)20/h1-4,7H,5-6H2,(H2,17,20)(H,18,19). The number of alkyl halides is 3. The molecular weight excluding hydrogens is 319 g/mol. The predicted molar refractivity (Wildman–Crippen MR) is 84.6 cm³/mol. The van der Waals surface area contributed by atoms with Gasteiger partial charge in [0.1, 0.15) is 4.99 Å². The van der Waals surface area contributed by atoms with Crippen LogP contribution in [0.4, 0.5) is 18.9 Å². The van der Waals surface area contributed by atoms with Crippen LogP contribution in [0, 0.1) is 0 Å². The number of nitrogens with zero attached hydrogens (tertiary/aromatic N) is 1. The fraction of sp³-hybridized carbons (Fsp3) is 0.231. The summed E-state index contributed by atoms with van der Waals surface area (Å²) in [6.45, 7) is 0.147. The molecule has 0 fully saturated rings. The Morgan fingerprint density at radius 3 is 2.71 bits per heavy atom. The molecule has 0 aliphatic carbocycles. The highest BCUT2D eigenvalue weighted by Crippen LogP contribution is 2.30. The molecule has 8 heteroatoms. The van der Waals surface area contributed by atoms with E-state index < -0.39 is 5.51 Å². The van der Waals surface area contributed by atoms with Crippen molar-refractivity contribution in [3.63, 3.8) is 0 Å². The molecule has 0 radical (unpaired) electrons. The lowest BCUT2D eigenvalue weighted by atomic mass is 10.1. The zero-order chi connectivity index (χ0) is 15.5. The number of thioether (sulfide) groups is 1. The number of nitrogens with two attached hydrogens (primary N) is 1. The summed E-state index contributed by atoms with van der Waals surface area (Å²) < 4.78 is 36.4. The molecule has 1 aromatic heterocycles. The minimum Gasteiger partial charge on any atom is -0.389 e. The molecule has 1 aromatic carbocycles. The number of benzene rings is 1. The van der Waals surface area contributed by atoms with Crippen LogP contribution in [0.25, 0.3) is 10.9 Å². The molecule has 2 rings (SSSR count). The third-order valence-corrected chi connectivity index (χ3v) is 3.67. The van der Waals surface area contributed by atoms with E-state index in [1.54, 1.807) is 0 Å². The summed E-state index contributed by atoms with van der Waals surface area (Å²) in [4.78, 5) is 4.39. The summed E-state index contributed by atoms with van der Waals surface area (Å²) >= 11 is 4.89. The van der Waals surface area contributed by atoms with Crippen LogP contribution in [0.2, 0.25) is 0 Å². The Balaban J connectivity index is 2.23. The highest BCUT2D eigenvalue weighted by atomic mass is 32.2. The lowest BCUT2D eigenvalue weighted by molar-refractivity contribution is -0.0327. The Labute approximate surface area is 129 Å². The van der Waals surface area contributed by atoms with Gasteiger partial charge >= 0.3 is 5.51 Å². The zero-order valence-corrected chi connectivity index (χ0v) is 12.4. The van der Waals surface area contributed by atoms with Crippen molar-refractivity contribution < 1.29 is 13.2 Å². The first-order chi connectivity index (χ1) is 9.88. The smallest absolute Gasteiger partial charge is 0.389 e. The average molecular weight is 331 g/mol. The number of para-hydroxylation sites is 1. The van der Waals surface area contributed by atoms with Gasteiger partial charge in [0.2, 0.25) is 0 Å². The van der Waals surface area contributed by atoms with Crippen LogP contribution in [0.15, 0.2) is 30.5 Å². The van der Waals surface area contributed by atoms with Gasteiger partial charge in [0.25, 0.3) is 0 Å². The highest BCUT2D eigenvalue weighted by molar-refractivity contribution is 8.00. The third-order valence-electron chi connectivity index (χ3n) is 2.71. The number of anilines is 1. The second-order valence-corrected chi connectivity index (χ2v) is 5.75. The number of thiocarbonyl (C=S) groups is 1. The molecule has 0 spiro atoms. The van der Waals surface area contributed by atoms with Crippen LogP contribution < -0.4 is 11.1 Å². The summed E-state index contributed by atoms with van der Waals surface area (Å²) in [5.74, 6) is -0.100. The van der Waals surface area contributed by atoms with Crippen molar-refractivity contribution in [3.8, 4) is 0 Å². The summed E-state index contributed by atoms with van der Waals surface area (Å²) in [7, 11) is 0. The van der Waals surface area contributed by atoms with E-state index in [0.29, 0.717) is 11.3 Å². The van der Waals surface area contributed by atoms with Gasteiger partial charge in [0.15, 0.2) is 0 Å². The van der Waals surface area contributed by atoms with Crippen molar-refractivity contribution in [1.82, 2.24) is 4.98 Å². The monoisotopic (exact) mass is 331 g/mol. The number of halogens is 3. The number of aromatic nitrogens is 1. The summed E-state index contributed by atoms with van der Waals surface area (Å²) in [6.07, 6.45) is 1.53. The molecule has 0 aliphatic heterocycles. The van der Waals surface area contributed by atoms with Crippen molar-refractivity contribution >= 4 is 45.6 Å². The normalized spacial score (nSPS) is 11.6. The van der Waals surface area contributed by atoms with Crippen LogP contribution >= 0.6 is 24.0 Å². The molecule has 0 saturated carbocycles. The second kappa shape index (κ2) is 6.48. The molecule has 0 unspecified atom stereocenters. The molecule has 0 amide bonds. The molecule has 3 nitrogen and oxygen atoms in total. The number of hydrogen-bond donors (Lipinski definition) is 2. The first-order valence-corrected chi connectivity index (χ1v) is 7.40. The van der Waals surface area contributed by atoms with Crippen LogP contribution in [0.1, 0.15) is 5.56 Å². The van der Waals surface area contributed by atoms with E-state index in [1.807, 2.05) is 24.3 Å². The molecule has 112 valence electrons. The summed E-state index contributed by atoms with van der Waals surface area (Å²) in [5.41, 5.74) is 3.29. The molecule has 1 heterocycles. The van der Waals surface area contributed by atoms with E-state index in [2.05, 4.69) is 10.3 Å². The summed E-state index contributed by atoms with van der Waals surface area (Å²) in [6, 6.07) is 7.29. The number of hydrogen-bond acceptors (Lipinski definition) is 4. The van der Waals surface area contributed by atoms with Crippen molar-refractivity contribution in [2.24, 2.45) is 5.73 Å². The first kappa shape index (κ1) is 15.8. The van der Waals surface area contributed by atoms with Gasteiger partial charge < -0.3 is 11.1 Å². The van der Waals surface area contributed by atoms with E-state index >= 15 is 0 Å². The number of rotatable bonds is 5. The zero-order valence-electron chi connectivity index (χ0n) is 10.8. The van der Waals surface area contributed by atoms with E-state index in [0.717, 1.165) is 10.9 Å². The summed E-state index contributed by atoms with van der Waals surface area (Å²) in [5, 5.41) is 3.76. The Morgan fingerprint density at radius 1 is 1.33 bits per heavy atom. The van der Waals surface area contributed by atoms with Gasteiger partial charge in [-0.05, 0) is 17.8 Å². The topological polar surface area (TPSA) is 50.9 Å². The molecule has 0 saturated heterocycles. The van der Waals surface area contributed by atoms with E-state index in [-0.39, 0.29) is 29.0 Å². The lowest BCUT2D eigenvalue weighted by Crippen LogP contribution is -2.16.